The molecule has 0 heterocycles. The quantitative estimate of drug-likeness (QED) is 0.482. The van der Waals surface area contributed by atoms with Gasteiger partial charge in [-0.05, 0) is 24.3 Å². The first kappa shape index (κ1) is 21.5. The lowest BCUT2D eigenvalue weighted by Gasteiger charge is -2.19. The van der Waals surface area contributed by atoms with Gasteiger partial charge in [0.1, 0.15) is 0 Å². The summed E-state index contributed by atoms with van der Waals surface area (Å²) >= 11 is 0. The van der Waals surface area contributed by atoms with Crippen molar-refractivity contribution >= 4 is 21.4 Å². The van der Waals surface area contributed by atoms with E-state index in [2.05, 4.69) is 5.32 Å². The average Bonchev–Trinajstić information content (AvgIpc) is 2.67. The minimum Gasteiger partial charge on any atom is -0.504 e. The van der Waals surface area contributed by atoms with E-state index in [1.165, 1.54) is 29.6 Å². The smallest absolute Gasteiger partial charge is 0.278 e. The molecule has 0 amide bonds. The van der Waals surface area contributed by atoms with Gasteiger partial charge in [0, 0.05) is 25.3 Å². The maximum Gasteiger partial charge on any atom is 0.278 e. The molecule has 10 heteroatoms. The minimum atomic E-state index is -3.61. The van der Waals surface area contributed by atoms with Crippen molar-refractivity contribution in [2.75, 3.05) is 25.5 Å². The molecule has 2 aromatic carbocycles. The molecule has 0 fully saturated rings. The van der Waals surface area contributed by atoms with Gasteiger partial charge in [-0.3, -0.25) is 10.1 Å². The molecule has 0 bridgehead atoms. The lowest BCUT2D eigenvalue weighted by Crippen LogP contribution is -2.30. The lowest BCUT2D eigenvalue weighted by atomic mass is 10.1. The fourth-order valence-electron chi connectivity index (χ4n) is 2.75. The highest BCUT2D eigenvalue weighted by atomic mass is 32.2. The second-order valence-corrected chi connectivity index (χ2v) is 7.82. The number of nitrogens with zero attached hydrogens (tertiary/aromatic N) is 2. The van der Waals surface area contributed by atoms with Crippen LogP contribution in [0.25, 0.3) is 0 Å². The Bertz CT molecular complexity index is 958. The number of rotatable bonds is 9. The van der Waals surface area contributed by atoms with Gasteiger partial charge >= 0.3 is 0 Å². The monoisotopic (exact) mass is 409 g/mol. The summed E-state index contributed by atoms with van der Waals surface area (Å²) in [6.07, 6.45) is 0. The first-order chi connectivity index (χ1) is 13.2. The predicted molar refractivity (Wildman–Crippen MR) is 105 cm³/mol. The molecule has 0 saturated carbocycles. The van der Waals surface area contributed by atoms with Gasteiger partial charge in [-0.1, -0.05) is 19.9 Å². The second-order valence-electron chi connectivity index (χ2n) is 5.88. The van der Waals surface area contributed by atoms with Gasteiger partial charge in [0.05, 0.1) is 28.6 Å². The number of nitrogens with one attached hydrogen (secondary N) is 1. The lowest BCUT2D eigenvalue weighted by molar-refractivity contribution is -0.385. The van der Waals surface area contributed by atoms with Crippen LogP contribution in [0.15, 0.2) is 41.3 Å². The Morgan fingerprint density at radius 2 is 1.89 bits per heavy atom. The molecule has 0 saturated heterocycles. The zero-order valence-corrected chi connectivity index (χ0v) is 16.7. The summed E-state index contributed by atoms with van der Waals surface area (Å²) in [4.78, 5) is 10.8. The van der Waals surface area contributed by atoms with Crippen LogP contribution in [0.3, 0.4) is 0 Å². The molecule has 0 aliphatic carbocycles. The van der Waals surface area contributed by atoms with E-state index in [-0.39, 0.29) is 34.2 Å². The van der Waals surface area contributed by atoms with Gasteiger partial charge in [0.2, 0.25) is 10.0 Å². The van der Waals surface area contributed by atoms with E-state index in [0.29, 0.717) is 18.8 Å². The predicted octanol–water partition coefficient (Wildman–Crippen LogP) is 2.95. The Morgan fingerprint density at radius 3 is 2.46 bits per heavy atom. The highest BCUT2D eigenvalue weighted by Gasteiger charge is 2.22. The molecule has 2 aromatic rings. The third-order valence-electron chi connectivity index (χ3n) is 4.24. The molecule has 0 atom stereocenters. The minimum absolute atomic E-state index is 0.0434. The Hall–Kier alpha value is -2.85. The SMILES string of the molecule is CCN(CC)S(=O)(=O)c1cccc(NCc2cc(OC)c(O)cc2[N+](=O)[O-])c1. The van der Waals surface area contributed by atoms with Crippen LogP contribution in [0.1, 0.15) is 19.4 Å². The molecule has 0 aliphatic rings. The first-order valence-electron chi connectivity index (χ1n) is 8.62. The molecule has 9 nitrogen and oxygen atoms in total. The van der Waals surface area contributed by atoms with Crippen LogP contribution in [-0.2, 0) is 16.6 Å². The zero-order valence-electron chi connectivity index (χ0n) is 15.9. The number of nitro groups is 1. The fourth-order valence-corrected chi connectivity index (χ4v) is 4.26. The zero-order chi connectivity index (χ0) is 20.9. The number of phenolic OH excluding ortho intramolecular Hbond substituents is 1. The summed E-state index contributed by atoms with van der Waals surface area (Å²) in [5, 5.41) is 24.0. The number of hydrogen-bond donors (Lipinski definition) is 2. The highest BCUT2D eigenvalue weighted by Crippen LogP contribution is 2.34. The van der Waals surface area contributed by atoms with E-state index in [4.69, 9.17) is 4.74 Å². The number of methoxy groups -OCH3 is 1. The number of anilines is 1. The van der Waals surface area contributed by atoms with E-state index >= 15 is 0 Å². The van der Waals surface area contributed by atoms with Gasteiger partial charge in [-0.15, -0.1) is 0 Å². The largest absolute Gasteiger partial charge is 0.504 e. The number of phenols is 1. The van der Waals surface area contributed by atoms with Crippen LogP contribution in [0, 0.1) is 10.1 Å². The molecule has 152 valence electrons. The van der Waals surface area contributed by atoms with Crippen molar-refractivity contribution in [2.45, 2.75) is 25.3 Å². The number of ether oxygens (including phenoxy) is 1. The van der Waals surface area contributed by atoms with Crippen molar-refractivity contribution in [1.29, 1.82) is 0 Å². The first-order valence-corrected chi connectivity index (χ1v) is 10.1. The Labute approximate surface area is 163 Å². The standard InChI is InChI=1S/C18H23N3O6S/c1-4-20(5-2)28(25,26)15-8-6-7-14(10-15)19-12-13-9-18(27-3)17(22)11-16(13)21(23)24/h6-11,19,22H,4-5,12H2,1-3H3. The van der Waals surface area contributed by atoms with E-state index in [1.54, 1.807) is 26.0 Å². The van der Waals surface area contributed by atoms with Crippen LogP contribution in [0.4, 0.5) is 11.4 Å². The summed E-state index contributed by atoms with van der Waals surface area (Å²) in [6.45, 7) is 4.29. The van der Waals surface area contributed by atoms with E-state index in [0.717, 1.165) is 6.07 Å². The average molecular weight is 409 g/mol. The second kappa shape index (κ2) is 8.89. The van der Waals surface area contributed by atoms with Crippen LogP contribution in [0.5, 0.6) is 11.5 Å². The number of benzene rings is 2. The summed E-state index contributed by atoms with van der Waals surface area (Å²) in [6, 6.07) is 8.66. The van der Waals surface area contributed by atoms with Gasteiger partial charge in [-0.25, -0.2) is 8.42 Å². The van der Waals surface area contributed by atoms with Crippen LogP contribution < -0.4 is 10.1 Å². The Morgan fingerprint density at radius 1 is 1.21 bits per heavy atom. The van der Waals surface area contributed by atoms with Gasteiger partial charge in [-0.2, -0.15) is 4.31 Å². The molecular formula is C18H23N3O6S. The van der Waals surface area contributed by atoms with E-state index < -0.39 is 14.9 Å². The maximum atomic E-state index is 12.6. The molecule has 0 aromatic heterocycles. The van der Waals surface area contributed by atoms with Crippen LogP contribution >= 0.6 is 0 Å². The van der Waals surface area contributed by atoms with Crippen molar-refractivity contribution in [3.8, 4) is 11.5 Å². The van der Waals surface area contributed by atoms with Crippen molar-refractivity contribution in [2.24, 2.45) is 0 Å². The summed E-state index contributed by atoms with van der Waals surface area (Å²) < 4.78 is 31.7. The van der Waals surface area contributed by atoms with Crippen molar-refractivity contribution < 1.29 is 23.2 Å². The normalized spacial score (nSPS) is 11.4. The molecule has 0 aliphatic heterocycles. The molecule has 2 rings (SSSR count). The molecule has 28 heavy (non-hydrogen) atoms. The van der Waals surface area contributed by atoms with Gasteiger partial charge in [0.15, 0.2) is 11.5 Å². The fraction of sp³-hybridized carbons (Fsp3) is 0.333. The number of hydrogen-bond acceptors (Lipinski definition) is 7. The van der Waals surface area contributed by atoms with Gasteiger partial charge in [0.25, 0.3) is 5.69 Å². The van der Waals surface area contributed by atoms with Crippen molar-refractivity contribution in [1.82, 2.24) is 4.31 Å². The number of aromatic hydroxyl groups is 1. The van der Waals surface area contributed by atoms with Crippen molar-refractivity contribution in [3.05, 3.63) is 52.1 Å². The number of sulfonamides is 1. The molecule has 0 unspecified atom stereocenters. The third kappa shape index (κ3) is 4.52. The Balaban J connectivity index is 2.30. The van der Waals surface area contributed by atoms with E-state index in [9.17, 15) is 23.6 Å². The topological polar surface area (TPSA) is 122 Å². The third-order valence-corrected chi connectivity index (χ3v) is 6.28. The molecule has 2 N–H and O–H groups in total. The summed E-state index contributed by atoms with van der Waals surface area (Å²) in [5.74, 6) is -0.217. The maximum absolute atomic E-state index is 12.6. The Kier molecular flexibility index (Phi) is 6.81. The van der Waals surface area contributed by atoms with Crippen molar-refractivity contribution in [3.63, 3.8) is 0 Å². The number of nitro benzene ring substituents is 1. The van der Waals surface area contributed by atoms with Gasteiger partial charge < -0.3 is 15.2 Å². The molecule has 0 radical (unpaired) electrons. The van der Waals surface area contributed by atoms with Crippen LogP contribution in [-0.4, -0.2) is 43.0 Å². The molecule has 0 spiro atoms. The summed E-state index contributed by atoms with van der Waals surface area (Å²) in [5.41, 5.74) is 0.518. The highest BCUT2D eigenvalue weighted by molar-refractivity contribution is 7.89. The summed E-state index contributed by atoms with van der Waals surface area (Å²) in [7, 11) is -2.27. The molecular weight excluding hydrogens is 386 g/mol. The van der Waals surface area contributed by atoms with Crippen LogP contribution in [0.2, 0.25) is 0 Å². The van der Waals surface area contributed by atoms with E-state index in [1.807, 2.05) is 0 Å².